The van der Waals surface area contributed by atoms with Gasteiger partial charge in [-0.05, 0) is 84.9 Å². The number of rotatable bonds is 14. The van der Waals surface area contributed by atoms with Crippen LogP contribution in [0.1, 0.15) is 0 Å². The monoisotopic (exact) mass is 788 g/mol. The molecule has 2 aromatic carbocycles. The molecule has 0 spiro atoms. The summed E-state index contributed by atoms with van der Waals surface area (Å²) in [4.78, 5) is 8.11. The summed E-state index contributed by atoms with van der Waals surface area (Å²) in [5.41, 5.74) is 17.2. The molecule has 0 bridgehead atoms. The zero-order chi connectivity index (χ0) is 40.4. The van der Waals surface area contributed by atoms with Crippen LogP contribution in [0.25, 0.3) is 45.0 Å². The van der Waals surface area contributed by atoms with Crippen LogP contribution in [0, 0.1) is 11.6 Å². The summed E-state index contributed by atoms with van der Waals surface area (Å²) in [5, 5.41) is 40.2. The largest absolute Gasteiger partial charge is 0.436 e. The van der Waals surface area contributed by atoms with Crippen molar-refractivity contribution in [3.8, 4) is 68.3 Å². The predicted octanol–water partition coefficient (Wildman–Crippen LogP) is 5.17. The molecule has 0 unspecified atom stereocenters. The van der Waals surface area contributed by atoms with Crippen molar-refractivity contribution in [1.82, 2.24) is 49.9 Å². The normalized spacial score (nSPS) is 12.1. The number of aliphatic hydroxyl groups is 2. The maximum absolute atomic E-state index is 14.3. The van der Waals surface area contributed by atoms with E-state index in [2.05, 4.69) is 40.6 Å². The molecule has 8 rings (SSSR count). The lowest BCUT2D eigenvalue weighted by molar-refractivity contribution is 0.250. The summed E-state index contributed by atoms with van der Waals surface area (Å²) < 4.78 is 43.2. The van der Waals surface area contributed by atoms with Gasteiger partial charge in [0.2, 0.25) is 0 Å². The first-order valence-corrected chi connectivity index (χ1v) is 17.9. The van der Waals surface area contributed by atoms with Gasteiger partial charge in [0.25, 0.3) is 11.8 Å². The zero-order valence-corrected chi connectivity index (χ0v) is 30.7. The van der Waals surface area contributed by atoms with Crippen LogP contribution in [0.2, 0.25) is 0 Å². The Hall–Kier alpha value is -7.12. The van der Waals surface area contributed by atoms with Crippen molar-refractivity contribution in [2.24, 2.45) is 11.5 Å². The number of aromatic nitrogens is 10. The second-order valence-electron chi connectivity index (χ2n) is 12.9. The summed E-state index contributed by atoms with van der Waals surface area (Å²) >= 11 is 0. The van der Waals surface area contributed by atoms with Crippen LogP contribution in [-0.4, -0.2) is 85.4 Å². The van der Waals surface area contributed by atoms with Crippen LogP contribution in [0.4, 0.5) is 8.78 Å². The first-order valence-electron chi connectivity index (χ1n) is 17.9. The van der Waals surface area contributed by atoms with Crippen LogP contribution >= 0.6 is 0 Å². The van der Waals surface area contributed by atoms with Gasteiger partial charge in [0.1, 0.15) is 11.5 Å². The molecule has 2 atom stereocenters. The van der Waals surface area contributed by atoms with Gasteiger partial charge in [0, 0.05) is 71.5 Å². The highest BCUT2D eigenvalue weighted by Gasteiger charge is 2.13. The second kappa shape index (κ2) is 18.2. The number of hydrogen-bond acceptors (Lipinski definition) is 12. The van der Waals surface area contributed by atoms with Gasteiger partial charge in [-0.3, -0.25) is 19.6 Å². The highest BCUT2D eigenvalue weighted by Crippen LogP contribution is 2.29. The minimum absolute atomic E-state index is 0.102. The van der Waals surface area contributed by atoms with E-state index in [9.17, 15) is 8.78 Å². The Bertz CT molecular complexity index is 2330. The number of nitrogens with one attached hydrogen (secondary N) is 2. The van der Waals surface area contributed by atoms with Crippen molar-refractivity contribution < 1.29 is 28.5 Å². The molecule has 296 valence electrons. The Morgan fingerprint density at radius 1 is 0.586 bits per heavy atom. The van der Waals surface area contributed by atoms with E-state index in [1.54, 1.807) is 70.5 Å². The molecule has 0 aliphatic carbocycles. The third kappa shape index (κ3) is 9.81. The van der Waals surface area contributed by atoms with Gasteiger partial charge >= 0.3 is 0 Å². The van der Waals surface area contributed by atoms with Crippen molar-refractivity contribution in [3.05, 3.63) is 134 Å². The molecule has 0 radical (unpaired) electrons. The van der Waals surface area contributed by atoms with E-state index in [1.165, 1.54) is 24.5 Å². The van der Waals surface area contributed by atoms with Gasteiger partial charge in [-0.2, -0.15) is 20.4 Å². The number of halogens is 2. The van der Waals surface area contributed by atoms with Crippen LogP contribution in [0.15, 0.2) is 122 Å². The number of benzene rings is 2. The van der Waals surface area contributed by atoms with Crippen molar-refractivity contribution in [1.29, 1.82) is 0 Å². The van der Waals surface area contributed by atoms with Crippen LogP contribution in [-0.2, 0) is 13.1 Å². The van der Waals surface area contributed by atoms with E-state index in [0.29, 0.717) is 47.1 Å². The highest BCUT2D eigenvalue weighted by molar-refractivity contribution is 5.62. The standard InChI is InChI=1S/2C20H19FN6O2/c2*21-17-9-14(18-5-7-24-25-18)10-23-20(17)29-16-3-1-13(2-4-16)19-6-8-27(26-19)11-15(22)12-28/h2*1-10,15,28H,11-12,22H2,(H,24,25)/t2*15-/m00/s1. The lowest BCUT2D eigenvalue weighted by Crippen LogP contribution is -2.30. The van der Waals surface area contributed by atoms with E-state index in [1.807, 2.05) is 36.4 Å². The molecule has 0 saturated carbocycles. The van der Waals surface area contributed by atoms with E-state index in [-0.39, 0.29) is 37.1 Å². The van der Waals surface area contributed by atoms with E-state index >= 15 is 0 Å². The number of nitrogens with two attached hydrogens (primary N) is 2. The van der Waals surface area contributed by atoms with Gasteiger partial charge in [0.15, 0.2) is 11.6 Å². The molecule has 0 fully saturated rings. The van der Waals surface area contributed by atoms with Gasteiger partial charge in [0.05, 0.1) is 49.1 Å². The molecule has 0 aliphatic rings. The molecule has 6 aromatic heterocycles. The summed E-state index contributed by atoms with van der Waals surface area (Å²) in [6, 6.07) is 23.3. The summed E-state index contributed by atoms with van der Waals surface area (Å²) in [7, 11) is 0. The van der Waals surface area contributed by atoms with Crippen molar-refractivity contribution in [2.75, 3.05) is 13.2 Å². The fraction of sp³-hybridized carbons (Fsp3) is 0.150. The third-order valence-electron chi connectivity index (χ3n) is 8.56. The zero-order valence-electron chi connectivity index (χ0n) is 30.7. The Morgan fingerprint density at radius 2 is 1.00 bits per heavy atom. The van der Waals surface area contributed by atoms with Gasteiger partial charge < -0.3 is 31.2 Å². The Balaban J connectivity index is 0.000000177. The van der Waals surface area contributed by atoms with E-state index in [0.717, 1.165) is 22.5 Å². The summed E-state index contributed by atoms with van der Waals surface area (Å²) in [6.07, 6.45) is 9.81. The lowest BCUT2D eigenvalue weighted by atomic mass is 10.1. The Kier molecular flexibility index (Phi) is 12.3. The fourth-order valence-corrected chi connectivity index (χ4v) is 5.57. The molecule has 0 saturated heterocycles. The Labute approximate surface area is 329 Å². The molecule has 6 heterocycles. The van der Waals surface area contributed by atoms with Gasteiger partial charge in [-0.25, -0.2) is 18.7 Å². The van der Waals surface area contributed by atoms with Gasteiger partial charge in [-0.1, -0.05) is 0 Å². The molecule has 16 nitrogen and oxygen atoms in total. The van der Waals surface area contributed by atoms with Crippen molar-refractivity contribution >= 4 is 0 Å². The number of aromatic amines is 2. The fourth-order valence-electron chi connectivity index (χ4n) is 5.57. The topological polar surface area (TPSA) is 230 Å². The smallest absolute Gasteiger partial charge is 0.255 e. The summed E-state index contributed by atoms with van der Waals surface area (Å²) in [6.45, 7) is 0.651. The van der Waals surface area contributed by atoms with E-state index in [4.69, 9.17) is 31.2 Å². The number of H-pyrrole nitrogens is 2. The lowest BCUT2D eigenvalue weighted by Gasteiger charge is -2.08. The van der Waals surface area contributed by atoms with Crippen molar-refractivity contribution in [3.63, 3.8) is 0 Å². The maximum atomic E-state index is 14.3. The number of ether oxygens (including phenoxy) is 2. The first-order chi connectivity index (χ1) is 28.2. The van der Waals surface area contributed by atoms with E-state index < -0.39 is 11.6 Å². The molecule has 0 aliphatic heterocycles. The molecular weight excluding hydrogens is 751 g/mol. The van der Waals surface area contributed by atoms with Crippen LogP contribution in [0.5, 0.6) is 23.3 Å². The molecule has 8 aromatic rings. The molecule has 58 heavy (non-hydrogen) atoms. The van der Waals surface area contributed by atoms with Crippen LogP contribution < -0.4 is 20.9 Å². The van der Waals surface area contributed by atoms with Crippen molar-refractivity contribution in [2.45, 2.75) is 25.2 Å². The predicted molar refractivity (Wildman–Crippen MR) is 209 cm³/mol. The third-order valence-corrected chi connectivity index (χ3v) is 8.56. The Morgan fingerprint density at radius 3 is 1.34 bits per heavy atom. The van der Waals surface area contributed by atoms with Crippen LogP contribution in [0.3, 0.4) is 0 Å². The second-order valence-corrected chi connectivity index (χ2v) is 12.9. The number of pyridine rings is 2. The average molecular weight is 789 g/mol. The minimum Gasteiger partial charge on any atom is -0.436 e. The minimum atomic E-state index is -0.569. The summed E-state index contributed by atoms with van der Waals surface area (Å²) in [5.74, 6) is -0.445. The first kappa shape index (κ1) is 39.1. The maximum Gasteiger partial charge on any atom is 0.255 e. The molecular formula is C40H38F2N12O4. The number of aliphatic hydroxyl groups excluding tert-OH is 2. The average Bonchev–Trinajstić information content (AvgIpc) is 4.10. The number of nitrogens with zero attached hydrogens (tertiary/aromatic N) is 8. The molecule has 18 heteroatoms. The number of hydrogen-bond donors (Lipinski definition) is 6. The quantitative estimate of drug-likeness (QED) is 0.0838. The SMILES string of the molecule is N[C@H](CO)Cn1ccc(-c2ccc(Oc3ncc(-c4ccn[nH]4)cc3F)cc2)n1.N[C@H](CO)Cn1ccc(-c2ccc(Oc3ncc(-c4ccn[nH]4)cc3F)cc2)n1. The molecule has 8 N–H and O–H groups in total. The van der Waals surface area contributed by atoms with Gasteiger partial charge in [-0.15, -0.1) is 0 Å². The highest BCUT2D eigenvalue weighted by atomic mass is 19.1. The molecule has 0 amide bonds.